The maximum Gasteiger partial charge on any atom is 0.309 e. The van der Waals surface area contributed by atoms with Crippen molar-refractivity contribution in [3.63, 3.8) is 0 Å². The molecule has 2 fully saturated rings. The largest absolute Gasteiger partial charge is 0.497 e. The summed E-state index contributed by atoms with van der Waals surface area (Å²) in [5.74, 6) is -3.38. The van der Waals surface area contributed by atoms with Crippen LogP contribution in [0.15, 0.2) is 36.5 Å². The van der Waals surface area contributed by atoms with Crippen LogP contribution in [0.1, 0.15) is 43.0 Å². The Labute approximate surface area is 253 Å². The normalized spacial score (nSPS) is 18.3. The number of likely N-dealkylation sites (tertiary alicyclic amines) is 1. The van der Waals surface area contributed by atoms with Crippen molar-refractivity contribution in [3.8, 4) is 5.75 Å². The van der Waals surface area contributed by atoms with Crippen LogP contribution >= 0.6 is 0 Å². The van der Waals surface area contributed by atoms with Crippen LogP contribution in [0.2, 0.25) is 0 Å². The molecule has 5 rings (SSSR count). The van der Waals surface area contributed by atoms with Gasteiger partial charge in [-0.25, -0.2) is 17.6 Å². The lowest BCUT2D eigenvalue weighted by Gasteiger charge is -2.39. The molecule has 12 heteroatoms. The minimum absolute atomic E-state index is 0.0312. The molecule has 0 amide bonds. The van der Waals surface area contributed by atoms with Gasteiger partial charge in [-0.15, -0.1) is 0 Å². The van der Waals surface area contributed by atoms with E-state index in [1.807, 2.05) is 4.90 Å². The van der Waals surface area contributed by atoms with Gasteiger partial charge in [0.05, 0.1) is 31.3 Å². The number of anilines is 1. The highest BCUT2D eigenvalue weighted by molar-refractivity contribution is 5.85. The van der Waals surface area contributed by atoms with Crippen molar-refractivity contribution < 1.29 is 36.9 Å². The highest BCUT2D eigenvalue weighted by atomic mass is 19.1. The van der Waals surface area contributed by atoms with Crippen LogP contribution in [0.25, 0.3) is 10.9 Å². The van der Waals surface area contributed by atoms with Crippen LogP contribution in [0, 0.1) is 22.9 Å². The van der Waals surface area contributed by atoms with Gasteiger partial charge in [-0.3, -0.25) is 14.7 Å². The number of aromatic nitrogens is 1. The fourth-order valence-corrected chi connectivity index (χ4v) is 6.23. The fourth-order valence-electron chi connectivity index (χ4n) is 6.23. The molecule has 2 saturated heterocycles. The van der Waals surface area contributed by atoms with Gasteiger partial charge in [-0.05, 0) is 62.5 Å². The Hall–Kier alpha value is -3.48. The molecular formula is C32H38F4N4O4. The predicted molar refractivity (Wildman–Crippen MR) is 158 cm³/mol. The average molecular weight is 619 g/mol. The molecule has 1 atom stereocenters. The number of ether oxygens (including phenoxy) is 2. The molecule has 0 radical (unpaired) electrons. The second kappa shape index (κ2) is 14.1. The van der Waals surface area contributed by atoms with E-state index in [4.69, 9.17) is 9.47 Å². The summed E-state index contributed by atoms with van der Waals surface area (Å²) in [4.78, 5) is 21.3. The third-order valence-electron chi connectivity index (χ3n) is 8.89. The summed E-state index contributed by atoms with van der Waals surface area (Å²) < 4.78 is 68.3. The van der Waals surface area contributed by atoms with Crippen LogP contribution < -0.4 is 10.1 Å². The molecule has 1 aromatic heterocycles. The quantitative estimate of drug-likeness (QED) is 0.255. The van der Waals surface area contributed by atoms with Gasteiger partial charge in [0.15, 0.2) is 11.6 Å². The Bertz CT molecular complexity index is 1440. The molecule has 1 unspecified atom stereocenters. The number of carboxylic acids is 1. The minimum atomic E-state index is -1.41. The van der Waals surface area contributed by atoms with Gasteiger partial charge < -0.3 is 24.8 Å². The molecule has 8 nitrogen and oxygen atoms in total. The molecule has 3 heterocycles. The van der Waals surface area contributed by atoms with E-state index in [2.05, 4.69) is 15.2 Å². The van der Waals surface area contributed by atoms with Gasteiger partial charge in [0.25, 0.3) is 0 Å². The Morgan fingerprint density at radius 3 is 2.45 bits per heavy atom. The van der Waals surface area contributed by atoms with Crippen LogP contribution in [0.3, 0.4) is 0 Å². The lowest BCUT2D eigenvalue weighted by atomic mass is 9.74. The number of hydrogen-bond acceptors (Lipinski definition) is 7. The first kappa shape index (κ1) is 31.9. The zero-order chi connectivity index (χ0) is 31.3. The van der Waals surface area contributed by atoms with Crippen LogP contribution in [0.5, 0.6) is 5.75 Å². The highest BCUT2D eigenvalue weighted by Crippen LogP contribution is 2.42. The molecule has 0 spiro atoms. The first-order valence-corrected chi connectivity index (χ1v) is 14.9. The van der Waals surface area contributed by atoms with E-state index in [9.17, 15) is 23.1 Å². The lowest BCUT2D eigenvalue weighted by molar-refractivity contribution is -0.153. The van der Waals surface area contributed by atoms with E-state index in [-0.39, 0.29) is 19.4 Å². The molecule has 0 bridgehead atoms. The number of nitrogens with zero attached hydrogens (tertiary/aromatic N) is 3. The zero-order valence-corrected chi connectivity index (χ0v) is 24.8. The number of carboxylic acid groups (broad SMARTS) is 1. The average Bonchev–Trinajstić information content (AvgIpc) is 3.01. The maximum absolute atomic E-state index is 16.4. The number of fused-ring (bicyclic) bond motifs is 1. The van der Waals surface area contributed by atoms with Crippen molar-refractivity contribution in [3.05, 3.63) is 65.1 Å². The Morgan fingerprint density at radius 2 is 1.80 bits per heavy atom. The predicted octanol–water partition coefficient (Wildman–Crippen LogP) is 5.56. The number of rotatable bonds is 12. The molecule has 2 N–H and O–H groups in total. The number of morpholine rings is 1. The first-order valence-electron chi connectivity index (χ1n) is 14.9. The number of benzene rings is 2. The summed E-state index contributed by atoms with van der Waals surface area (Å²) in [5.41, 5.74) is 0.440. The van der Waals surface area contributed by atoms with Crippen LogP contribution in [-0.2, 0) is 16.1 Å². The van der Waals surface area contributed by atoms with Crippen molar-refractivity contribution in [1.82, 2.24) is 14.8 Å². The number of carbonyl (C=O) groups is 1. The third-order valence-corrected chi connectivity index (χ3v) is 8.89. The van der Waals surface area contributed by atoms with Crippen molar-refractivity contribution in [2.45, 2.75) is 38.4 Å². The summed E-state index contributed by atoms with van der Waals surface area (Å²) in [6.45, 7) is 4.67. The lowest BCUT2D eigenvalue weighted by Crippen LogP contribution is -2.45. The third kappa shape index (κ3) is 7.24. The zero-order valence-electron chi connectivity index (χ0n) is 24.8. The number of hydrogen-bond donors (Lipinski definition) is 2. The molecule has 238 valence electrons. The van der Waals surface area contributed by atoms with Gasteiger partial charge in [-0.1, -0.05) is 0 Å². The van der Waals surface area contributed by atoms with E-state index >= 15 is 4.39 Å². The number of halogens is 4. The summed E-state index contributed by atoms with van der Waals surface area (Å²) in [6, 6.07) is 6.59. The van der Waals surface area contributed by atoms with E-state index in [1.54, 1.807) is 31.5 Å². The number of piperidine rings is 1. The molecule has 0 aliphatic carbocycles. The molecule has 2 aliphatic heterocycles. The van der Waals surface area contributed by atoms with E-state index in [0.29, 0.717) is 86.6 Å². The highest BCUT2D eigenvalue weighted by Gasteiger charge is 2.42. The van der Waals surface area contributed by atoms with Crippen molar-refractivity contribution in [1.29, 1.82) is 0 Å². The van der Waals surface area contributed by atoms with Gasteiger partial charge in [0.1, 0.15) is 23.4 Å². The molecule has 0 saturated carbocycles. The van der Waals surface area contributed by atoms with E-state index in [1.165, 1.54) is 0 Å². The Balaban J connectivity index is 1.25. The van der Waals surface area contributed by atoms with E-state index < -0.39 is 40.7 Å². The van der Waals surface area contributed by atoms with Crippen LogP contribution in [0.4, 0.5) is 23.2 Å². The standard InChI is InChI=1S/C32H38F4N4O4/c1-43-23-2-3-28-24(18-23)29(21(19-38-28)20-40-12-14-44-15-13-40)25(34)4-5-32(31(41)42)6-9-39(10-7-32)11-8-37-30-26(35)16-22(33)17-27(30)36/h2-3,16-19,25,37H,4-15,20H2,1H3,(H,41,42). The second-order valence-corrected chi connectivity index (χ2v) is 11.6. The van der Waals surface area contributed by atoms with Gasteiger partial charge in [-0.2, -0.15) is 0 Å². The number of nitrogens with one attached hydrogen (secondary N) is 1. The Kier molecular flexibility index (Phi) is 10.2. The summed E-state index contributed by atoms with van der Waals surface area (Å²) in [6.07, 6.45) is 1.13. The molecule has 44 heavy (non-hydrogen) atoms. The topological polar surface area (TPSA) is 87.2 Å². The SMILES string of the molecule is COc1ccc2ncc(CN3CCOCC3)c(C(F)CCC3(C(=O)O)CCN(CCNc4c(F)cc(F)cc4F)CC3)c2c1. The molecule has 3 aromatic rings. The van der Waals surface area contributed by atoms with Gasteiger partial charge in [0, 0.05) is 62.0 Å². The summed E-state index contributed by atoms with van der Waals surface area (Å²) >= 11 is 0. The van der Waals surface area contributed by atoms with Gasteiger partial charge >= 0.3 is 5.97 Å². The minimum Gasteiger partial charge on any atom is -0.497 e. The monoisotopic (exact) mass is 618 g/mol. The number of methoxy groups -OCH3 is 1. The van der Waals surface area contributed by atoms with E-state index in [0.717, 1.165) is 18.7 Å². The second-order valence-electron chi connectivity index (χ2n) is 11.6. The number of alkyl halides is 1. The van der Waals surface area contributed by atoms with Crippen molar-refractivity contribution in [2.24, 2.45) is 5.41 Å². The molecular weight excluding hydrogens is 580 g/mol. The Morgan fingerprint density at radius 1 is 1.09 bits per heavy atom. The number of aliphatic carboxylic acids is 1. The molecule has 2 aliphatic rings. The van der Waals surface area contributed by atoms with Crippen LogP contribution in [-0.4, -0.2) is 85.5 Å². The first-order chi connectivity index (χ1) is 21.2. The molecule has 2 aromatic carbocycles. The fraction of sp³-hybridized carbons (Fsp3) is 0.500. The smallest absolute Gasteiger partial charge is 0.309 e. The van der Waals surface area contributed by atoms with Crippen molar-refractivity contribution in [2.75, 3.05) is 64.9 Å². The van der Waals surface area contributed by atoms with Gasteiger partial charge in [0.2, 0.25) is 0 Å². The van der Waals surface area contributed by atoms with Crippen molar-refractivity contribution >= 4 is 22.6 Å². The number of pyridine rings is 1. The summed E-state index contributed by atoms with van der Waals surface area (Å²) in [7, 11) is 1.55. The maximum atomic E-state index is 16.4. The summed E-state index contributed by atoms with van der Waals surface area (Å²) in [5, 5.41) is 13.6.